The molecule has 31 heavy (non-hydrogen) atoms. The molecule has 164 valence electrons. The standard InChI is InChI=1S/C21H25ClN6O2S/c1-13-18(23)21(12-30-13)5-9-27(10-6-21)20-24-11-16(19(29)26(20)2)31-15-4-8-28-14(17(15)22)3-7-25-28/h3-4,7-8,11,13,18H,5-6,9-10,12,23H2,1-2H3/t13-,18+/m0/s1. The van der Waals surface area contributed by atoms with E-state index in [1.807, 2.05) is 25.3 Å². The zero-order valence-electron chi connectivity index (χ0n) is 17.5. The van der Waals surface area contributed by atoms with Crippen LogP contribution in [-0.4, -0.2) is 51.0 Å². The van der Waals surface area contributed by atoms with Gasteiger partial charge in [0.05, 0.1) is 40.5 Å². The van der Waals surface area contributed by atoms with Gasteiger partial charge in [-0.25, -0.2) is 9.50 Å². The maximum Gasteiger partial charge on any atom is 0.268 e. The summed E-state index contributed by atoms with van der Waals surface area (Å²) in [6.07, 6.45) is 7.14. The summed E-state index contributed by atoms with van der Waals surface area (Å²) in [6, 6.07) is 3.76. The first-order valence-corrected chi connectivity index (χ1v) is 11.6. The highest BCUT2D eigenvalue weighted by Crippen LogP contribution is 2.41. The van der Waals surface area contributed by atoms with Gasteiger partial charge in [0, 0.05) is 42.7 Å². The van der Waals surface area contributed by atoms with Crippen molar-refractivity contribution in [1.29, 1.82) is 0 Å². The van der Waals surface area contributed by atoms with Gasteiger partial charge in [-0.05, 0) is 31.9 Å². The van der Waals surface area contributed by atoms with Gasteiger partial charge in [0.1, 0.15) is 0 Å². The largest absolute Gasteiger partial charge is 0.376 e. The van der Waals surface area contributed by atoms with Crippen LogP contribution in [0.1, 0.15) is 19.8 Å². The quantitative estimate of drug-likeness (QED) is 0.642. The van der Waals surface area contributed by atoms with Crippen LogP contribution in [0.15, 0.2) is 45.3 Å². The van der Waals surface area contributed by atoms with Gasteiger partial charge in [-0.3, -0.25) is 9.36 Å². The number of pyridine rings is 1. The third-order valence-electron chi connectivity index (χ3n) is 6.70. The van der Waals surface area contributed by atoms with Crippen molar-refractivity contribution in [2.45, 2.75) is 41.7 Å². The van der Waals surface area contributed by atoms with E-state index in [0.717, 1.165) is 36.3 Å². The molecule has 5 heterocycles. The lowest BCUT2D eigenvalue weighted by Crippen LogP contribution is -2.51. The molecule has 8 nitrogen and oxygen atoms in total. The van der Waals surface area contributed by atoms with Gasteiger partial charge in [0.25, 0.3) is 5.56 Å². The van der Waals surface area contributed by atoms with Crippen molar-refractivity contribution in [1.82, 2.24) is 19.2 Å². The second kappa shape index (κ2) is 7.81. The van der Waals surface area contributed by atoms with E-state index >= 15 is 0 Å². The van der Waals surface area contributed by atoms with Crippen LogP contribution in [0.25, 0.3) is 5.52 Å². The van der Waals surface area contributed by atoms with Gasteiger partial charge in [0.2, 0.25) is 5.95 Å². The molecule has 2 aliphatic rings. The minimum absolute atomic E-state index is 0.0354. The molecule has 0 amide bonds. The van der Waals surface area contributed by atoms with Crippen molar-refractivity contribution in [3.8, 4) is 0 Å². The average Bonchev–Trinajstić information content (AvgIpc) is 3.36. The van der Waals surface area contributed by atoms with E-state index in [-0.39, 0.29) is 23.1 Å². The topological polar surface area (TPSA) is 90.7 Å². The fourth-order valence-electron chi connectivity index (χ4n) is 4.64. The molecule has 0 unspecified atom stereocenters. The number of fused-ring (bicyclic) bond motifs is 1. The second-order valence-corrected chi connectivity index (χ2v) is 9.90. The number of aromatic nitrogens is 4. The normalized spacial score (nSPS) is 23.2. The minimum Gasteiger partial charge on any atom is -0.376 e. The van der Waals surface area contributed by atoms with Crippen molar-refractivity contribution < 1.29 is 4.74 Å². The molecule has 10 heteroatoms. The number of halogens is 1. The van der Waals surface area contributed by atoms with Crippen molar-refractivity contribution >= 4 is 34.8 Å². The monoisotopic (exact) mass is 460 g/mol. The SMILES string of the molecule is C[C@@H]1OCC2(CCN(c3ncc(Sc4ccn5nccc5c4Cl)c(=O)n3C)CC2)[C@@H]1N. The first kappa shape index (κ1) is 20.8. The summed E-state index contributed by atoms with van der Waals surface area (Å²) in [6.45, 7) is 4.37. The highest BCUT2D eigenvalue weighted by molar-refractivity contribution is 7.99. The van der Waals surface area contributed by atoms with Crippen LogP contribution in [0.4, 0.5) is 5.95 Å². The molecule has 2 aliphatic heterocycles. The summed E-state index contributed by atoms with van der Waals surface area (Å²) in [7, 11) is 1.77. The number of hydrogen-bond donors (Lipinski definition) is 1. The van der Waals surface area contributed by atoms with Crippen LogP contribution >= 0.6 is 23.4 Å². The Morgan fingerprint density at radius 3 is 2.77 bits per heavy atom. The number of anilines is 1. The Hall–Kier alpha value is -2.07. The number of piperidine rings is 1. The molecule has 3 aromatic heterocycles. The average molecular weight is 461 g/mol. The summed E-state index contributed by atoms with van der Waals surface area (Å²) in [5, 5.41) is 4.75. The van der Waals surface area contributed by atoms with Crippen LogP contribution < -0.4 is 16.2 Å². The van der Waals surface area contributed by atoms with E-state index in [9.17, 15) is 4.79 Å². The van der Waals surface area contributed by atoms with Gasteiger partial charge in [-0.2, -0.15) is 5.10 Å². The molecule has 0 bridgehead atoms. The van der Waals surface area contributed by atoms with E-state index in [1.54, 1.807) is 28.5 Å². The van der Waals surface area contributed by atoms with E-state index in [0.29, 0.717) is 22.5 Å². The van der Waals surface area contributed by atoms with Crippen molar-refractivity contribution in [2.24, 2.45) is 18.2 Å². The van der Waals surface area contributed by atoms with Gasteiger partial charge in [-0.1, -0.05) is 23.4 Å². The maximum atomic E-state index is 13.1. The summed E-state index contributed by atoms with van der Waals surface area (Å²) >= 11 is 7.84. The van der Waals surface area contributed by atoms with Gasteiger partial charge in [-0.15, -0.1) is 0 Å². The van der Waals surface area contributed by atoms with Gasteiger partial charge >= 0.3 is 0 Å². The number of hydrogen-bond acceptors (Lipinski definition) is 7. The summed E-state index contributed by atoms with van der Waals surface area (Å²) in [5.74, 6) is 0.682. The third-order valence-corrected chi connectivity index (χ3v) is 8.27. The van der Waals surface area contributed by atoms with Crippen LogP contribution in [0, 0.1) is 5.41 Å². The molecule has 2 saturated heterocycles. The number of rotatable bonds is 3. The lowest BCUT2D eigenvalue weighted by molar-refractivity contribution is 0.0973. The van der Waals surface area contributed by atoms with Crippen molar-refractivity contribution in [3.63, 3.8) is 0 Å². The summed E-state index contributed by atoms with van der Waals surface area (Å²) in [4.78, 5) is 21.2. The van der Waals surface area contributed by atoms with E-state index in [2.05, 4.69) is 15.0 Å². The molecule has 0 radical (unpaired) electrons. The van der Waals surface area contributed by atoms with E-state index in [4.69, 9.17) is 22.1 Å². The molecule has 2 atom stereocenters. The highest BCUT2D eigenvalue weighted by atomic mass is 35.5. The molecule has 2 N–H and O–H groups in total. The Balaban J connectivity index is 1.36. The van der Waals surface area contributed by atoms with Gasteiger partial charge < -0.3 is 15.4 Å². The second-order valence-electron chi connectivity index (χ2n) is 8.43. The van der Waals surface area contributed by atoms with Crippen LogP contribution in [0.2, 0.25) is 5.02 Å². The van der Waals surface area contributed by atoms with Crippen LogP contribution in [0.5, 0.6) is 0 Å². The lowest BCUT2D eigenvalue weighted by Gasteiger charge is -2.41. The van der Waals surface area contributed by atoms with E-state index < -0.39 is 0 Å². The summed E-state index contributed by atoms with van der Waals surface area (Å²) < 4.78 is 9.14. The summed E-state index contributed by atoms with van der Waals surface area (Å²) in [5.41, 5.74) is 7.18. The Bertz CT molecular complexity index is 1190. The van der Waals surface area contributed by atoms with E-state index in [1.165, 1.54) is 11.8 Å². The van der Waals surface area contributed by atoms with Crippen molar-refractivity contribution in [2.75, 3.05) is 24.6 Å². The molecule has 2 fully saturated rings. The molecule has 1 spiro atoms. The van der Waals surface area contributed by atoms with Crippen LogP contribution in [-0.2, 0) is 11.8 Å². The molecule has 3 aromatic rings. The number of nitrogens with zero attached hydrogens (tertiary/aromatic N) is 5. The Morgan fingerprint density at radius 1 is 1.29 bits per heavy atom. The predicted molar refractivity (Wildman–Crippen MR) is 121 cm³/mol. The number of ether oxygens (including phenoxy) is 1. The fraction of sp³-hybridized carbons (Fsp3) is 0.476. The van der Waals surface area contributed by atoms with Crippen LogP contribution in [0.3, 0.4) is 0 Å². The Morgan fingerprint density at radius 2 is 2.06 bits per heavy atom. The molecular formula is C21H25ClN6O2S. The number of nitrogens with two attached hydrogens (primary N) is 1. The molecule has 0 aliphatic carbocycles. The lowest BCUT2D eigenvalue weighted by atomic mass is 9.73. The van der Waals surface area contributed by atoms with Gasteiger partial charge in [0.15, 0.2) is 0 Å². The zero-order valence-corrected chi connectivity index (χ0v) is 19.1. The minimum atomic E-state index is -0.0887. The first-order chi connectivity index (χ1) is 14.9. The maximum absolute atomic E-state index is 13.1. The highest BCUT2D eigenvalue weighted by Gasteiger charge is 2.47. The van der Waals surface area contributed by atoms with Crippen molar-refractivity contribution in [3.05, 3.63) is 46.1 Å². The first-order valence-electron chi connectivity index (χ1n) is 10.4. The fourth-order valence-corrected chi connectivity index (χ4v) is 5.86. The molecule has 5 rings (SSSR count). The smallest absolute Gasteiger partial charge is 0.268 e. The predicted octanol–water partition coefficient (Wildman–Crippen LogP) is 2.57. The Kier molecular flexibility index (Phi) is 5.24. The molecule has 0 aromatic carbocycles. The third kappa shape index (κ3) is 3.44. The Labute approximate surface area is 189 Å². The molecule has 0 saturated carbocycles. The zero-order chi connectivity index (χ0) is 21.8. The molecular weight excluding hydrogens is 436 g/mol.